The third kappa shape index (κ3) is 2.17. The van der Waals surface area contributed by atoms with E-state index in [0.29, 0.717) is 17.7 Å². The van der Waals surface area contributed by atoms with Crippen molar-refractivity contribution in [2.45, 2.75) is 13.0 Å². The number of nitrogens with one attached hydrogen (secondary N) is 1. The van der Waals surface area contributed by atoms with Crippen molar-refractivity contribution in [1.29, 1.82) is 0 Å². The fourth-order valence-electron chi connectivity index (χ4n) is 1.47. The summed E-state index contributed by atoms with van der Waals surface area (Å²) >= 11 is 5.13. The molecule has 6 heteroatoms. The number of hydrogen-bond acceptors (Lipinski definition) is 4. The van der Waals surface area contributed by atoms with Crippen LogP contribution in [0.15, 0.2) is 24.5 Å². The fraction of sp³-hybridized carbons (Fsp3) is 0.300. The number of aromatic nitrogens is 4. The summed E-state index contributed by atoms with van der Waals surface area (Å²) in [5, 5.41) is 15.7. The van der Waals surface area contributed by atoms with Crippen molar-refractivity contribution >= 4 is 12.2 Å². The molecule has 0 aliphatic rings. The zero-order valence-electron chi connectivity index (χ0n) is 8.63. The quantitative estimate of drug-likeness (QED) is 0.787. The number of pyridine rings is 1. The predicted molar refractivity (Wildman–Crippen MR) is 62.3 cm³/mol. The van der Waals surface area contributed by atoms with E-state index < -0.39 is 0 Å². The van der Waals surface area contributed by atoms with Crippen molar-refractivity contribution in [1.82, 2.24) is 19.7 Å². The van der Waals surface area contributed by atoms with E-state index in [-0.39, 0.29) is 6.61 Å². The van der Waals surface area contributed by atoms with Crippen molar-refractivity contribution in [3.63, 3.8) is 0 Å². The second-order valence-electron chi connectivity index (χ2n) is 3.32. The number of H-pyrrole nitrogens is 1. The summed E-state index contributed by atoms with van der Waals surface area (Å²) in [5.41, 5.74) is 0.910. The second kappa shape index (κ2) is 5.00. The highest BCUT2D eigenvalue weighted by Gasteiger charge is 2.07. The smallest absolute Gasteiger partial charge is 0.195 e. The SMILES string of the molecule is OCCCn1c(-c2cccnc2)n[nH]c1=S. The van der Waals surface area contributed by atoms with Gasteiger partial charge in [0.25, 0.3) is 0 Å². The third-order valence-corrected chi connectivity index (χ3v) is 2.53. The van der Waals surface area contributed by atoms with Crippen molar-refractivity contribution < 1.29 is 5.11 Å². The van der Waals surface area contributed by atoms with Crippen molar-refractivity contribution in [2.75, 3.05) is 6.61 Å². The zero-order chi connectivity index (χ0) is 11.4. The van der Waals surface area contributed by atoms with Gasteiger partial charge >= 0.3 is 0 Å². The number of nitrogens with zero attached hydrogens (tertiary/aromatic N) is 3. The Hall–Kier alpha value is -1.53. The molecular weight excluding hydrogens is 224 g/mol. The highest BCUT2D eigenvalue weighted by Crippen LogP contribution is 2.15. The Morgan fingerprint density at radius 1 is 1.50 bits per heavy atom. The minimum atomic E-state index is 0.138. The van der Waals surface area contributed by atoms with Crippen LogP contribution >= 0.6 is 12.2 Å². The van der Waals surface area contributed by atoms with Gasteiger partial charge in [-0.1, -0.05) is 0 Å². The molecule has 2 heterocycles. The van der Waals surface area contributed by atoms with Crippen LogP contribution in [0.5, 0.6) is 0 Å². The van der Waals surface area contributed by atoms with Gasteiger partial charge < -0.3 is 9.67 Å². The van der Waals surface area contributed by atoms with Crippen molar-refractivity contribution in [2.24, 2.45) is 0 Å². The lowest BCUT2D eigenvalue weighted by molar-refractivity contribution is 0.279. The molecule has 0 spiro atoms. The van der Waals surface area contributed by atoms with Crippen LogP contribution in [-0.4, -0.2) is 31.5 Å². The lowest BCUT2D eigenvalue weighted by atomic mass is 10.2. The molecule has 0 aliphatic carbocycles. The van der Waals surface area contributed by atoms with E-state index in [4.69, 9.17) is 17.3 Å². The Labute approximate surface area is 97.8 Å². The van der Waals surface area contributed by atoms with E-state index in [2.05, 4.69) is 15.2 Å². The van der Waals surface area contributed by atoms with Gasteiger partial charge in [-0.3, -0.25) is 10.1 Å². The highest BCUT2D eigenvalue weighted by molar-refractivity contribution is 7.71. The van der Waals surface area contributed by atoms with E-state index in [1.165, 1.54) is 0 Å². The Kier molecular flexibility index (Phi) is 3.43. The number of rotatable bonds is 4. The van der Waals surface area contributed by atoms with Gasteiger partial charge in [-0.05, 0) is 30.8 Å². The summed E-state index contributed by atoms with van der Waals surface area (Å²) in [7, 11) is 0. The molecule has 2 aromatic rings. The average molecular weight is 236 g/mol. The summed E-state index contributed by atoms with van der Waals surface area (Å²) < 4.78 is 2.43. The summed E-state index contributed by atoms with van der Waals surface area (Å²) in [6.45, 7) is 0.787. The molecule has 0 saturated heterocycles. The van der Waals surface area contributed by atoms with Crippen molar-refractivity contribution in [3.05, 3.63) is 29.3 Å². The molecule has 16 heavy (non-hydrogen) atoms. The monoisotopic (exact) mass is 236 g/mol. The fourth-order valence-corrected chi connectivity index (χ4v) is 1.69. The first kappa shape index (κ1) is 11.0. The molecule has 2 rings (SSSR count). The zero-order valence-corrected chi connectivity index (χ0v) is 9.44. The van der Waals surface area contributed by atoms with E-state index in [1.54, 1.807) is 12.4 Å². The molecule has 2 N–H and O–H groups in total. The molecule has 0 aromatic carbocycles. The third-order valence-electron chi connectivity index (χ3n) is 2.22. The molecule has 0 radical (unpaired) electrons. The highest BCUT2D eigenvalue weighted by atomic mass is 32.1. The molecule has 2 aromatic heterocycles. The molecule has 0 fully saturated rings. The van der Waals surface area contributed by atoms with Crippen LogP contribution in [0, 0.1) is 4.77 Å². The lowest BCUT2D eigenvalue weighted by Gasteiger charge is -2.04. The average Bonchev–Trinajstić information content (AvgIpc) is 2.69. The molecule has 0 unspecified atom stereocenters. The van der Waals surface area contributed by atoms with Crippen LogP contribution in [0.2, 0.25) is 0 Å². The molecule has 0 aliphatic heterocycles. The molecule has 0 saturated carbocycles. The number of hydrogen-bond donors (Lipinski definition) is 2. The van der Waals surface area contributed by atoms with Crippen LogP contribution in [-0.2, 0) is 6.54 Å². The van der Waals surface area contributed by atoms with E-state index in [1.807, 2.05) is 16.7 Å². The van der Waals surface area contributed by atoms with Crippen LogP contribution in [0.3, 0.4) is 0 Å². The normalized spacial score (nSPS) is 10.6. The van der Waals surface area contributed by atoms with Gasteiger partial charge in [0.2, 0.25) is 0 Å². The maximum Gasteiger partial charge on any atom is 0.195 e. The topological polar surface area (TPSA) is 66.7 Å². The molecule has 0 bridgehead atoms. The first-order valence-electron chi connectivity index (χ1n) is 4.99. The Morgan fingerprint density at radius 3 is 3.06 bits per heavy atom. The van der Waals surface area contributed by atoms with Gasteiger partial charge in [-0.15, -0.1) is 0 Å². The minimum Gasteiger partial charge on any atom is -0.396 e. The lowest BCUT2D eigenvalue weighted by Crippen LogP contribution is -2.02. The summed E-state index contributed by atoms with van der Waals surface area (Å²) in [6, 6.07) is 3.77. The molecular formula is C10H12N4OS. The van der Waals surface area contributed by atoms with Crippen LogP contribution < -0.4 is 0 Å². The minimum absolute atomic E-state index is 0.138. The Bertz CT molecular complexity index is 505. The van der Waals surface area contributed by atoms with Gasteiger partial charge in [0.05, 0.1) is 0 Å². The van der Waals surface area contributed by atoms with Crippen LogP contribution in [0.1, 0.15) is 6.42 Å². The molecule has 0 amide bonds. The Morgan fingerprint density at radius 2 is 2.38 bits per heavy atom. The first-order chi connectivity index (χ1) is 7.83. The standard InChI is InChI=1S/C10H12N4OS/c15-6-2-5-14-9(12-13-10(14)16)8-3-1-4-11-7-8/h1,3-4,7,15H,2,5-6H2,(H,13,16). The van der Waals surface area contributed by atoms with Gasteiger partial charge in [0.15, 0.2) is 10.6 Å². The van der Waals surface area contributed by atoms with Gasteiger partial charge in [0, 0.05) is 31.1 Å². The molecule has 0 atom stereocenters. The summed E-state index contributed by atoms with van der Waals surface area (Å²) in [4.78, 5) is 4.04. The van der Waals surface area contributed by atoms with E-state index >= 15 is 0 Å². The summed E-state index contributed by atoms with van der Waals surface area (Å²) in [6.07, 6.45) is 4.10. The van der Waals surface area contributed by atoms with E-state index in [9.17, 15) is 0 Å². The van der Waals surface area contributed by atoms with Gasteiger partial charge in [0.1, 0.15) is 0 Å². The first-order valence-corrected chi connectivity index (χ1v) is 5.40. The molecule has 84 valence electrons. The van der Waals surface area contributed by atoms with Gasteiger partial charge in [-0.2, -0.15) is 5.10 Å². The number of aliphatic hydroxyl groups excluding tert-OH is 1. The summed E-state index contributed by atoms with van der Waals surface area (Å²) in [5.74, 6) is 0.756. The van der Waals surface area contributed by atoms with Crippen molar-refractivity contribution in [3.8, 4) is 11.4 Å². The predicted octanol–water partition coefficient (Wildman–Crippen LogP) is 1.39. The second-order valence-corrected chi connectivity index (χ2v) is 3.71. The number of aromatic amines is 1. The van der Waals surface area contributed by atoms with E-state index in [0.717, 1.165) is 11.4 Å². The molecule has 5 nitrogen and oxygen atoms in total. The maximum absolute atomic E-state index is 8.83. The Balaban J connectivity index is 2.38. The van der Waals surface area contributed by atoms with Crippen LogP contribution in [0.25, 0.3) is 11.4 Å². The largest absolute Gasteiger partial charge is 0.396 e. The number of aliphatic hydroxyl groups is 1. The van der Waals surface area contributed by atoms with Crippen LogP contribution in [0.4, 0.5) is 0 Å². The van der Waals surface area contributed by atoms with Gasteiger partial charge in [-0.25, -0.2) is 0 Å². The maximum atomic E-state index is 8.83.